The smallest absolute Gasteiger partial charge is 0.225 e. The molecule has 3 rings (SSSR count). The minimum absolute atomic E-state index is 0.238. The number of rotatable bonds is 7. The van der Waals surface area contributed by atoms with Gasteiger partial charge in [0.1, 0.15) is 0 Å². The summed E-state index contributed by atoms with van der Waals surface area (Å²) in [4.78, 5) is 25.8. The van der Waals surface area contributed by atoms with Gasteiger partial charge in [-0.1, -0.05) is 6.92 Å². The zero-order valence-corrected chi connectivity index (χ0v) is 14.8. The van der Waals surface area contributed by atoms with Crippen molar-refractivity contribution in [3.05, 3.63) is 17.5 Å². The molecule has 1 amide bonds. The van der Waals surface area contributed by atoms with Crippen LogP contribution in [0.5, 0.6) is 0 Å². The van der Waals surface area contributed by atoms with Crippen LogP contribution < -0.4 is 4.90 Å². The summed E-state index contributed by atoms with van der Waals surface area (Å²) in [7, 11) is 1.67. The predicted octanol–water partition coefficient (Wildman–Crippen LogP) is 1.68. The van der Waals surface area contributed by atoms with Crippen LogP contribution >= 0.6 is 0 Å². The van der Waals surface area contributed by atoms with Gasteiger partial charge in [-0.25, -0.2) is 9.97 Å². The van der Waals surface area contributed by atoms with E-state index in [1.165, 1.54) is 12.8 Å². The average molecular weight is 332 g/mol. The van der Waals surface area contributed by atoms with E-state index in [-0.39, 0.29) is 5.91 Å². The van der Waals surface area contributed by atoms with Gasteiger partial charge in [-0.2, -0.15) is 0 Å². The van der Waals surface area contributed by atoms with Crippen LogP contribution in [0.25, 0.3) is 0 Å². The zero-order valence-electron chi connectivity index (χ0n) is 14.8. The number of aryl methyl sites for hydroxylation is 1. The Balaban J connectivity index is 1.68. The van der Waals surface area contributed by atoms with Crippen molar-refractivity contribution in [1.82, 2.24) is 14.9 Å². The molecule has 3 heterocycles. The average Bonchev–Trinajstić information content (AvgIpc) is 3.22. The Bertz CT molecular complexity index is 572. The number of carbonyl (C=O) groups is 1. The lowest BCUT2D eigenvalue weighted by atomic mass is 10.0. The number of ether oxygens (including phenoxy) is 1. The number of amides is 1. The van der Waals surface area contributed by atoms with Crippen LogP contribution in [-0.4, -0.2) is 60.7 Å². The molecular formula is C18H28N4O2. The van der Waals surface area contributed by atoms with E-state index in [1.807, 2.05) is 4.90 Å². The molecule has 1 aromatic heterocycles. The quantitative estimate of drug-likeness (QED) is 0.760. The zero-order chi connectivity index (χ0) is 16.9. The van der Waals surface area contributed by atoms with Gasteiger partial charge in [0.05, 0.1) is 6.61 Å². The molecule has 1 atom stereocenters. The van der Waals surface area contributed by atoms with Crippen LogP contribution in [0.15, 0.2) is 6.07 Å². The van der Waals surface area contributed by atoms with E-state index >= 15 is 0 Å². The number of methoxy groups -OCH3 is 1. The molecule has 0 N–H and O–H groups in total. The van der Waals surface area contributed by atoms with Crippen LogP contribution in [0.1, 0.15) is 37.6 Å². The second kappa shape index (κ2) is 7.92. The summed E-state index contributed by atoms with van der Waals surface area (Å²) in [6, 6.07) is 2.11. The lowest BCUT2D eigenvalue weighted by Gasteiger charge is -2.18. The Hall–Kier alpha value is -1.69. The summed E-state index contributed by atoms with van der Waals surface area (Å²) in [6.45, 7) is 6.34. The minimum atomic E-state index is 0.238. The Morgan fingerprint density at radius 3 is 2.71 bits per heavy atom. The third kappa shape index (κ3) is 4.04. The van der Waals surface area contributed by atoms with Gasteiger partial charge in [0.15, 0.2) is 0 Å². The normalized spacial score (nSPS) is 21.1. The maximum Gasteiger partial charge on any atom is 0.225 e. The summed E-state index contributed by atoms with van der Waals surface area (Å²) in [5.74, 6) is 1.46. The first-order chi connectivity index (χ1) is 11.7. The Labute approximate surface area is 144 Å². The van der Waals surface area contributed by atoms with E-state index in [0.29, 0.717) is 25.5 Å². The molecule has 0 aliphatic carbocycles. The summed E-state index contributed by atoms with van der Waals surface area (Å²) in [5, 5.41) is 0. The van der Waals surface area contributed by atoms with E-state index < -0.39 is 0 Å². The van der Waals surface area contributed by atoms with Crippen molar-refractivity contribution in [3.63, 3.8) is 0 Å². The highest BCUT2D eigenvalue weighted by Gasteiger charge is 2.30. The summed E-state index contributed by atoms with van der Waals surface area (Å²) >= 11 is 0. The van der Waals surface area contributed by atoms with E-state index in [0.717, 1.165) is 49.8 Å². The minimum Gasteiger partial charge on any atom is -0.383 e. The Kier molecular flexibility index (Phi) is 5.66. The molecule has 0 aromatic carbocycles. The topological polar surface area (TPSA) is 58.6 Å². The largest absolute Gasteiger partial charge is 0.383 e. The lowest BCUT2D eigenvalue weighted by Crippen LogP contribution is -2.29. The van der Waals surface area contributed by atoms with Crippen molar-refractivity contribution < 1.29 is 9.53 Å². The number of carbonyl (C=O) groups excluding carboxylic acids is 1. The number of likely N-dealkylation sites (tertiary alicyclic amines) is 1. The van der Waals surface area contributed by atoms with E-state index in [2.05, 4.69) is 17.9 Å². The standard InChI is InChI=1S/C18H28N4O2/c1-3-15-12-16(20-18(19-15)21-6-4-5-7-21)10-14-11-17(23)22(13-14)8-9-24-2/h12,14H,3-11,13H2,1-2H3/t14-/m0/s1. The number of nitrogens with zero attached hydrogens (tertiary/aromatic N) is 4. The summed E-state index contributed by atoms with van der Waals surface area (Å²) in [6.07, 6.45) is 4.83. The molecule has 0 saturated carbocycles. The van der Waals surface area contributed by atoms with Crippen molar-refractivity contribution in [2.75, 3.05) is 44.8 Å². The maximum atomic E-state index is 12.1. The summed E-state index contributed by atoms with van der Waals surface area (Å²) in [5.41, 5.74) is 2.18. The monoisotopic (exact) mass is 332 g/mol. The van der Waals surface area contributed by atoms with Crippen molar-refractivity contribution in [2.45, 2.75) is 39.0 Å². The SMILES string of the molecule is CCc1cc(C[C@H]2CC(=O)N(CCOC)C2)nc(N2CCCC2)n1. The maximum absolute atomic E-state index is 12.1. The molecule has 2 aliphatic heterocycles. The first kappa shape index (κ1) is 17.1. The molecule has 2 fully saturated rings. The van der Waals surface area contributed by atoms with Gasteiger partial charge >= 0.3 is 0 Å². The second-order valence-electron chi connectivity index (χ2n) is 6.81. The molecule has 0 bridgehead atoms. The van der Waals surface area contributed by atoms with Gasteiger partial charge in [0, 0.05) is 51.1 Å². The van der Waals surface area contributed by atoms with E-state index in [1.54, 1.807) is 7.11 Å². The molecule has 24 heavy (non-hydrogen) atoms. The Morgan fingerprint density at radius 2 is 2.00 bits per heavy atom. The summed E-state index contributed by atoms with van der Waals surface area (Å²) < 4.78 is 5.09. The fourth-order valence-electron chi connectivity index (χ4n) is 3.59. The van der Waals surface area contributed by atoms with Crippen molar-refractivity contribution in [2.24, 2.45) is 5.92 Å². The van der Waals surface area contributed by atoms with Gasteiger partial charge in [-0.3, -0.25) is 4.79 Å². The van der Waals surface area contributed by atoms with Crippen LogP contribution in [0.3, 0.4) is 0 Å². The van der Waals surface area contributed by atoms with E-state index in [4.69, 9.17) is 14.7 Å². The first-order valence-corrected chi connectivity index (χ1v) is 9.08. The fraction of sp³-hybridized carbons (Fsp3) is 0.722. The molecule has 1 aromatic rings. The Morgan fingerprint density at radius 1 is 1.25 bits per heavy atom. The molecule has 2 saturated heterocycles. The van der Waals surface area contributed by atoms with Gasteiger partial charge in [-0.15, -0.1) is 0 Å². The third-order valence-electron chi connectivity index (χ3n) is 4.93. The number of hydrogen-bond donors (Lipinski definition) is 0. The predicted molar refractivity (Wildman–Crippen MR) is 93.1 cm³/mol. The highest BCUT2D eigenvalue weighted by Crippen LogP contribution is 2.23. The first-order valence-electron chi connectivity index (χ1n) is 9.08. The van der Waals surface area contributed by atoms with Crippen LogP contribution in [0, 0.1) is 5.92 Å². The molecule has 0 unspecified atom stereocenters. The van der Waals surface area contributed by atoms with Gasteiger partial charge in [0.2, 0.25) is 11.9 Å². The van der Waals surface area contributed by atoms with Gasteiger partial charge in [-0.05, 0) is 37.7 Å². The van der Waals surface area contributed by atoms with Crippen molar-refractivity contribution in [1.29, 1.82) is 0 Å². The highest BCUT2D eigenvalue weighted by atomic mass is 16.5. The lowest BCUT2D eigenvalue weighted by molar-refractivity contribution is -0.128. The molecule has 2 aliphatic rings. The van der Waals surface area contributed by atoms with Gasteiger partial charge in [0.25, 0.3) is 0 Å². The van der Waals surface area contributed by atoms with E-state index in [9.17, 15) is 4.79 Å². The molecule has 6 heteroatoms. The third-order valence-corrected chi connectivity index (χ3v) is 4.93. The molecule has 132 valence electrons. The van der Waals surface area contributed by atoms with Crippen molar-refractivity contribution in [3.8, 4) is 0 Å². The molecule has 6 nitrogen and oxygen atoms in total. The molecule has 0 spiro atoms. The highest BCUT2D eigenvalue weighted by molar-refractivity contribution is 5.78. The fourth-order valence-corrected chi connectivity index (χ4v) is 3.59. The number of aromatic nitrogens is 2. The van der Waals surface area contributed by atoms with Crippen LogP contribution in [0.2, 0.25) is 0 Å². The number of hydrogen-bond acceptors (Lipinski definition) is 5. The van der Waals surface area contributed by atoms with Gasteiger partial charge < -0.3 is 14.5 Å². The molecular weight excluding hydrogens is 304 g/mol. The van der Waals surface area contributed by atoms with Crippen LogP contribution in [0.4, 0.5) is 5.95 Å². The molecule has 0 radical (unpaired) electrons. The van der Waals surface area contributed by atoms with Crippen molar-refractivity contribution >= 4 is 11.9 Å². The number of anilines is 1. The second-order valence-corrected chi connectivity index (χ2v) is 6.81. The van der Waals surface area contributed by atoms with Crippen LogP contribution in [-0.2, 0) is 22.4 Å².